The Balaban J connectivity index is 1.57. The van der Waals surface area contributed by atoms with Gasteiger partial charge in [0.25, 0.3) is 0 Å². The number of hydrogen-bond donors (Lipinski definition) is 1. The Morgan fingerprint density at radius 1 is 1.09 bits per heavy atom. The maximum atomic E-state index is 11.8. The molecular formula is C15H11Cl2NO4. The van der Waals surface area contributed by atoms with Crippen LogP contribution in [-0.4, -0.2) is 12.9 Å². The van der Waals surface area contributed by atoms with Gasteiger partial charge < -0.3 is 14.2 Å². The van der Waals surface area contributed by atoms with Gasteiger partial charge in [-0.15, -0.1) is 0 Å². The van der Waals surface area contributed by atoms with E-state index in [1.54, 1.807) is 36.4 Å². The van der Waals surface area contributed by atoms with Gasteiger partial charge in [-0.1, -0.05) is 29.3 Å². The van der Waals surface area contributed by atoms with E-state index in [2.05, 4.69) is 5.32 Å². The second kappa shape index (κ2) is 6.34. The lowest BCUT2D eigenvalue weighted by Crippen LogP contribution is -2.13. The van der Waals surface area contributed by atoms with E-state index in [0.717, 1.165) is 5.56 Å². The van der Waals surface area contributed by atoms with Crippen LogP contribution in [0.2, 0.25) is 10.0 Å². The van der Waals surface area contributed by atoms with Gasteiger partial charge in [0.2, 0.25) is 6.79 Å². The second-order valence-corrected chi connectivity index (χ2v) is 5.33. The molecule has 7 heteroatoms. The summed E-state index contributed by atoms with van der Waals surface area (Å²) in [7, 11) is 0. The standard InChI is InChI=1S/C15H11Cl2NO4/c16-11-3-2-10(6-12(11)17)18-15(19)20-7-9-1-4-13-14(5-9)22-8-21-13/h1-6H,7-8H2,(H,18,19). The number of ether oxygens (including phenoxy) is 3. The van der Waals surface area contributed by atoms with Crippen molar-refractivity contribution < 1.29 is 19.0 Å². The second-order valence-electron chi connectivity index (χ2n) is 4.52. The van der Waals surface area contributed by atoms with Crippen LogP contribution in [0.4, 0.5) is 10.5 Å². The minimum Gasteiger partial charge on any atom is -0.454 e. The zero-order chi connectivity index (χ0) is 15.5. The summed E-state index contributed by atoms with van der Waals surface area (Å²) in [6, 6.07) is 10.1. The van der Waals surface area contributed by atoms with Crippen LogP contribution in [0.15, 0.2) is 36.4 Å². The Morgan fingerprint density at radius 3 is 2.73 bits per heavy atom. The van der Waals surface area contributed by atoms with Crippen LogP contribution >= 0.6 is 23.2 Å². The molecule has 0 saturated carbocycles. The van der Waals surface area contributed by atoms with Crippen molar-refractivity contribution >= 4 is 35.0 Å². The molecule has 0 fully saturated rings. The maximum absolute atomic E-state index is 11.8. The summed E-state index contributed by atoms with van der Waals surface area (Å²) in [5.74, 6) is 1.33. The molecule has 1 aliphatic rings. The van der Waals surface area contributed by atoms with Gasteiger partial charge in [-0.3, -0.25) is 5.32 Å². The van der Waals surface area contributed by atoms with Crippen molar-refractivity contribution in [1.29, 1.82) is 0 Å². The smallest absolute Gasteiger partial charge is 0.411 e. The molecule has 1 N–H and O–H groups in total. The van der Waals surface area contributed by atoms with E-state index in [9.17, 15) is 4.79 Å². The van der Waals surface area contributed by atoms with E-state index in [0.29, 0.717) is 27.2 Å². The first-order valence-corrected chi connectivity index (χ1v) is 7.15. The highest BCUT2D eigenvalue weighted by atomic mass is 35.5. The summed E-state index contributed by atoms with van der Waals surface area (Å²) in [4.78, 5) is 11.8. The van der Waals surface area contributed by atoms with Gasteiger partial charge >= 0.3 is 6.09 Å². The molecule has 2 aromatic rings. The van der Waals surface area contributed by atoms with Gasteiger partial charge in [-0.2, -0.15) is 0 Å². The molecule has 0 radical (unpaired) electrons. The van der Waals surface area contributed by atoms with Crippen molar-refractivity contribution in [3.8, 4) is 11.5 Å². The van der Waals surface area contributed by atoms with Crippen molar-refractivity contribution in [1.82, 2.24) is 0 Å². The molecule has 3 rings (SSSR count). The fourth-order valence-corrected chi connectivity index (χ4v) is 2.21. The van der Waals surface area contributed by atoms with Gasteiger partial charge in [-0.05, 0) is 35.9 Å². The Labute approximate surface area is 136 Å². The minimum atomic E-state index is -0.587. The third kappa shape index (κ3) is 3.37. The fraction of sp³-hybridized carbons (Fsp3) is 0.133. The highest BCUT2D eigenvalue weighted by molar-refractivity contribution is 6.42. The average Bonchev–Trinajstić information content (AvgIpc) is 2.96. The lowest BCUT2D eigenvalue weighted by atomic mass is 10.2. The van der Waals surface area contributed by atoms with E-state index >= 15 is 0 Å². The van der Waals surface area contributed by atoms with Gasteiger partial charge in [0.1, 0.15) is 6.61 Å². The Morgan fingerprint density at radius 2 is 1.91 bits per heavy atom. The van der Waals surface area contributed by atoms with Crippen LogP contribution in [0, 0.1) is 0 Å². The summed E-state index contributed by atoms with van der Waals surface area (Å²) in [6.07, 6.45) is -0.587. The van der Waals surface area contributed by atoms with E-state index < -0.39 is 6.09 Å². The van der Waals surface area contributed by atoms with Crippen LogP contribution in [0.1, 0.15) is 5.56 Å². The molecule has 0 aromatic heterocycles. The molecule has 1 amide bonds. The number of benzene rings is 2. The maximum Gasteiger partial charge on any atom is 0.411 e. The van der Waals surface area contributed by atoms with Crippen molar-refractivity contribution in [2.24, 2.45) is 0 Å². The number of anilines is 1. The largest absolute Gasteiger partial charge is 0.454 e. The quantitative estimate of drug-likeness (QED) is 0.896. The van der Waals surface area contributed by atoms with Crippen molar-refractivity contribution in [2.45, 2.75) is 6.61 Å². The van der Waals surface area contributed by atoms with Gasteiger partial charge in [0, 0.05) is 5.69 Å². The zero-order valence-corrected chi connectivity index (χ0v) is 12.8. The molecule has 0 unspecified atom stereocenters. The predicted octanol–water partition coefficient (Wildman–Crippen LogP) is 4.47. The molecule has 22 heavy (non-hydrogen) atoms. The van der Waals surface area contributed by atoms with E-state index in [-0.39, 0.29) is 13.4 Å². The van der Waals surface area contributed by atoms with Crippen molar-refractivity contribution in [3.05, 3.63) is 52.0 Å². The Hall–Kier alpha value is -2.11. The third-order valence-corrected chi connectivity index (χ3v) is 3.71. The summed E-state index contributed by atoms with van der Waals surface area (Å²) in [5.41, 5.74) is 1.30. The summed E-state index contributed by atoms with van der Waals surface area (Å²) >= 11 is 11.7. The summed E-state index contributed by atoms with van der Waals surface area (Å²) < 4.78 is 15.6. The number of amides is 1. The fourth-order valence-electron chi connectivity index (χ4n) is 1.91. The first-order chi connectivity index (χ1) is 10.6. The zero-order valence-electron chi connectivity index (χ0n) is 11.3. The van der Waals surface area contributed by atoms with E-state index in [1.807, 2.05) is 0 Å². The monoisotopic (exact) mass is 339 g/mol. The van der Waals surface area contributed by atoms with Crippen LogP contribution in [-0.2, 0) is 11.3 Å². The molecule has 0 bridgehead atoms. The lowest BCUT2D eigenvalue weighted by molar-refractivity contribution is 0.154. The van der Waals surface area contributed by atoms with Crippen LogP contribution in [0.3, 0.4) is 0 Å². The highest BCUT2D eigenvalue weighted by Crippen LogP contribution is 2.32. The molecule has 0 atom stereocenters. The molecule has 1 aliphatic heterocycles. The average molecular weight is 340 g/mol. The van der Waals surface area contributed by atoms with Crippen molar-refractivity contribution in [2.75, 3.05) is 12.1 Å². The minimum absolute atomic E-state index is 0.115. The number of carbonyl (C=O) groups is 1. The molecule has 0 aliphatic carbocycles. The van der Waals surface area contributed by atoms with Crippen molar-refractivity contribution in [3.63, 3.8) is 0 Å². The summed E-state index contributed by atoms with van der Waals surface area (Å²) in [5, 5.41) is 3.35. The van der Waals surface area contributed by atoms with E-state index in [4.69, 9.17) is 37.4 Å². The van der Waals surface area contributed by atoms with Gasteiger partial charge in [-0.25, -0.2) is 4.79 Å². The van der Waals surface area contributed by atoms with Crippen LogP contribution < -0.4 is 14.8 Å². The number of rotatable bonds is 3. The van der Waals surface area contributed by atoms with Gasteiger partial charge in [0.05, 0.1) is 10.0 Å². The van der Waals surface area contributed by atoms with E-state index in [1.165, 1.54) is 0 Å². The predicted molar refractivity (Wildman–Crippen MR) is 82.8 cm³/mol. The summed E-state index contributed by atoms with van der Waals surface area (Å²) in [6.45, 7) is 0.321. The molecule has 0 saturated heterocycles. The number of halogens is 2. The molecule has 5 nitrogen and oxygen atoms in total. The molecule has 114 valence electrons. The lowest BCUT2D eigenvalue weighted by Gasteiger charge is -2.08. The highest BCUT2D eigenvalue weighted by Gasteiger charge is 2.14. The number of fused-ring (bicyclic) bond motifs is 1. The van der Waals surface area contributed by atoms with Crippen LogP contribution in [0.5, 0.6) is 11.5 Å². The Kier molecular flexibility index (Phi) is 4.27. The topological polar surface area (TPSA) is 56.8 Å². The molecule has 2 aromatic carbocycles. The molecule has 0 spiro atoms. The third-order valence-electron chi connectivity index (χ3n) is 2.97. The number of hydrogen-bond acceptors (Lipinski definition) is 4. The molecular weight excluding hydrogens is 329 g/mol. The normalized spacial score (nSPS) is 12.1. The number of carbonyl (C=O) groups excluding carboxylic acids is 1. The van der Waals surface area contributed by atoms with Gasteiger partial charge in [0.15, 0.2) is 11.5 Å². The first-order valence-electron chi connectivity index (χ1n) is 6.39. The van der Waals surface area contributed by atoms with Crippen LogP contribution in [0.25, 0.3) is 0 Å². The molecule has 1 heterocycles. The number of nitrogens with one attached hydrogen (secondary N) is 1. The SMILES string of the molecule is O=C(Nc1ccc(Cl)c(Cl)c1)OCc1ccc2c(c1)OCO2. The Bertz CT molecular complexity index is 721. The first kappa shape index (κ1) is 14.8.